The third-order valence-electron chi connectivity index (χ3n) is 7.61. The second kappa shape index (κ2) is 14.6. The molecule has 1 saturated heterocycles. The van der Waals surface area contributed by atoms with Crippen molar-refractivity contribution < 1.29 is 27.9 Å². The lowest BCUT2D eigenvalue weighted by Gasteiger charge is -2.31. The predicted octanol–water partition coefficient (Wildman–Crippen LogP) is 2.56. The van der Waals surface area contributed by atoms with Crippen LogP contribution in [0.2, 0.25) is 0 Å². The average molecular weight is 644 g/mol. The SMILES string of the molecule is CC1SC(C)(C)[C@@H](C(=O)NC(Cc2ccc(CC(=O)CCCNC3=NCCCN3)cc2)C(=O)O)N1S(=O)(=O)c1ccccc1. The molecule has 0 spiro atoms. The normalized spacial score (nSPS) is 20.7. The van der Waals surface area contributed by atoms with Crippen LogP contribution in [0.15, 0.2) is 64.5 Å². The van der Waals surface area contributed by atoms with Crippen LogP contribution in [0.25, 0.3) is 0 Å². The lowest BCUT2D eigenvalue weighted by atomic mass is 9.99. The third-order valence-corrected chi connectivity index (χ3v) is 11.1. The maximum atomic E-state index is 13.6. The Bertz CT molecular complexity index is 1460. The fourth-order valence-electron chi connectivity index (χ4n) is 5.49. The Hall–Kier alpha value is -3.42. The van der Waals surface area contributed by atoms with Crippen molar-refractivity contribution >= 4 is 45.4 Å². The molecule has 13 heteroatoms. The van der Waals surface area contributed by atoms with Gasteiger partial charge in [0, 0.05) is 43.6 Å². The lowest BCUT2D eigenvalue weighted by Crippen LogP contribution is -2.57. The zero-order valence-corrected chi connectivity index (χ0v) is 26.9. The Balaban J connectivity index is 1.36. The van der Waals surface area contributed by atoms with Crippen LogP contribution in [0.1, 0.15) is 51.2 Å². The minimum absolute atomic E-state index is 0.000170. The Kier molecular flexibility index (Phi) is 11.1. The van der Waals surface area contributed by atoms with E-state index in [4.69, 9.17) is 0 Å². The number of ketones is 1. The van der Waals surface area contributed by atoms with E-state index in [1.807, 2.05) is 0 Å². The standard InChI is InChI=1S/C31H41N5O6S2/c1-21-36(44(41,42)25-10-5-4-6-11-25)27(31(2,3)43-21)28(38)35-26(29(39)40)20-23-14-12-22(13-15-23)19-24(37)9-7-16-32-30-33-17-8-18-34-30/h4-6,10-15,21,26-27H,7-9,16-20H2,1-3H3,(H,35,38)(H,39,40)(H2,32,33,34)/t21?,26?,27-/m1/s1. The summed E-state index contributed by atoms with van der Waals surface area (Å²) < 4.78 is 27.6. The van der Waals surface area contributed by atoms with Gasteiger partial charge in [-0.25, -0.2) is 13.2 Å². The number of amides is 1. The Morgan fingerprint density at radius 3 is 2.43 bits per heavy atom. The number of aliphatic imine (C=N–C) groups is 1. The number of sulfonamides is 1. The molecule has 0 aliphatic carbocycles. The van der Waals surface area contributed by atoms with Gasteiger partial charge in [0.05, 0.1) is 10.3 Å². The Morgan fingerprint density at radius 2 is 1.80 bits per heavy atom. The molecular formula is C31H41N5O6S2. The highest BCUT2D eigenvalue weighted by atomic mass is 32.2. The molecule has 238 valence electrons. The van der Waals surface area contributed by atoms with Gasteiger partial charge in [-0.2, -0.15) is 4.31 Å². The molecule has 2 unspecified atom stereocenters. The second-order valence-electron chi connectivity index (χ2n) is 11.5. The third kappa shape index (κ3) is 8.39. The number of aliphatic carboxylic acids is 1. The van der Waals surface area contributed by atoms with Gasteiger partial charge in [0.1, 0.15) is 17.9 Å². The summed E-state index contributed by atoms with van der Waals surface area (Å²) in [5, 5.41) is 18.4. The molecule has 0 radical (unpaired) electrons. The van der Waals surface area contributed by atoms with E-state index in [2.05, 4.69) is 20.9 Å². The van der Waals surface area contributed by atoms with Crippen LogP contribution in [0, 0.1) is 0 Å². The molecule has 11 nitrogen and oxygen atoms in total. The van der Waals surface area contributed by atoms with Crippen molar-refractivity contribution in [3.8, 4) is 0 Å². The summed E-state index contributed by atoms with van der Waals surface area (Å²) in [6.45, 7) is 7.66. The molecule has 2 aromatic carbocycles. The number of hydrogen-bond donors (Lipinski definition) is 4. The van der Waals surface area contributed by atoms with Crippen LogP contribution in [-0.2, 0) is 37.2 Å². The molecule has 2 heterocycles. The number of nitrogens with one attached hydrogen (secondary N) is 3. The number of hydrogen-bond acceptors (Lipinski definition) is 9. The van der Waals surface area contributed by atoms with E-state index < -0.39 is 44.1 Å². The highest BCUT2D eigenvalue weighted by molar-refractivity contribution is 8.02. The van der Waals surface area contributed by atoms with Crippen LogP contribution >= 0.6 is 11.8 Å². The first-order chi connectivity index (χ1) is 20.9. The fraction of sp³-hybridized carbons (Fsp3) is 0.484. The number of carboxylic acid groups (broad SMARTS) is 1. The number of guanidine groups is 1. The Morgan fingerprint density at radius 1 is 1.11 bits per heavy atom. The summed E-state index contributed by atoms with van der Waals surface area (Å²) >= 11 is 1.35. The van der Waals surface area contributed by atoms with Gasteiger partial charge in [0.25, 0.3) is 0 Å². The zero-order valence-electron chi connectivity index (χ0n) is 25.3. The molecular weight excluding hydrogens is 603 g/mol. The van der Waals surface area contributed by atoms with E-state index in [0.717, 1.165) is 31.0 Å². The zero-order chi connectivity index (χ0) is 31.9. The van der Waals surface area contributed by atoms with E-state index in [9.17, 15) is 27.9 Å². The summed E-state index contributed by atoms with van der Waals surface area (Å²) in [7, 11) is -4.03. The molecule has 1 fully saturated rings. The van der Waals surface area contributed by atoms with E-state index in [1.165, 1.54) is 28.2 Å². The monoisotopic (exact) mass is 643 g/mol. The van der Waals surface area contributed by atoms with E-state index in [0.29, 0.717) is 24.9 Å². The Labute approximate surface area is 263 Å². The number of thioether (sulfide) groups is 1. The van der Waals surface area contributed by atoms with Gasteiger partial charge in [-0.3, -0.25) is 14.6 Å². The maximum absolute atomic E-state index is 13.6. The predicted molar refractivity (Wildman–Crippen MR) is 171 cm³/mol. The van der Waals surface area contributed by atoms with Gasteiger partial charge in [0.2, 0.25) is 15.9 Å². The van der Waals surface area contributed by atoms with Crippen LogP contribution in [0.4, 0.5) is 0 Å². The quantitative estimate of drug-likeness (QED) is 0.241. The number of benzene rings is 2. The van der Waals surface area contributed by atoms with Crippen LogP contribution in [0.3, 0.4) is 0 Å². The van der Waals surface area contributed by atoms with Crippen molar-refractivity contribution in [2.45, 2.75) is 80.0 Å². The first-order valence-electron chi connectivity index (χ1n) is 14.8. The van der Waals surface area contributed by atoms with Crippen molar-refractivity contribution in [1.82, 2.24) is 20.3 Å². The van der Waals surface area contributed by atoms with Crippen molar-refractivity contribution in [1.29, 1.82) is 0 Å². The molecule has 4 rings (SSSR count). The van der Waals surface area contributed by atoms with E-state index in [1.54, 1.807) is 63.2 Å². The number of carbonyl (C=O) groups is 3. The molecule has 3 atom stereocenters. The average Bonchev–Trinajstić information content (AvgIpc) is 3.25. The molecule has 0 aromatic heterocycles. The minimum Gasteiger partial charge on any atom is -0.480 e. The molecule has 0 saturated carbocycles. The number of Topliss-reactive ketones (excluding diaryl/α,β-unsaturated/α-hetero) is 1. The van der Waals surface area contributed by atoms with Gasteiger partial charge >= 0.3 is 5.97 Å². The van der Waals surface area contributed by atoms with Gasteiger partial charge < -0.3 is 21.1 Å². The number of nitrogens with zero attached hydrogens (tertiary/aromatic N) is 2. The van der Waals surface area contributed by atoms with Gasteiger partial charge in [-0.05, 0) is 56.9 Å². The molecule has 44 heavy (non-hydrogen) atoms. The van der Waals surface area contributed by atoms with E-state index in [-0.39, 0.29) is 23.5 Å². The topological polar surface area (TPSA) is 157 Å². The van der Waals surface area contributed by atoms with Crippen LogP contribution in [0.5, 0.6) is 0 Å². The van der Waals surface area contributed by atoms with Crippen molar-refractivity contribution in [3.05, 3.63) is 65.7 Å². The van der Waals surface area contributed by atoms with Crippen molar-refractivity contribution in [2.75, 3.05) is 19.6 Å². The van der Waals surface area contributed by atoms with E-state index >= 15 is 0 Å². The number of carboxylic acids is 1. The van der Waals surface area contributed by atoms with Crippen LogP contribution < -0.4 is 16.0 Å². The van der Waals surface area contributed by atoms with Gasteiger partial charge in [-0.15, -0.1) is 11.8 Å². The van der Waals surface area contributed by atoms with Crippen molar-refractivity contribution in [2.24, 2.45) is 4.99 Å². The molecule has 2 aromatic rings. The largest absolute Gasteiger partial charge is 0.480 e. The highest BCUT2D eigenvalue weighted by Crippen LogP contribution is 2.46. The molecule has 2 aliphatic heterocycles. The number of rotatable bonds is 13. The summed E-state index contributed by atoms with van der Waals surface area (Å²) in [5.74, 6) is -1.00. The summed E-state index contributed by atoms with van der Waals surface area (Å²) in [6, 6.07) is 12.6. The van der Waals surface area contributed by atoms with Crippen LogP contribution in [-0.4, -0.2) is 83.3 Å². The molecule has 1 amide bonds. The smallest absolute Gasteiger partial charge is 0.326 e. The van der Waals surface area contributed by atoms with Crippen molar-refractivity contribution in [3.63, 3.8) is 0 Å². The molecule has 4 N–H and O–H groups in total. The summed E-state index contributed by atoms with van der Waals surface area (Å²) in [5.41, 5.74) is 1.49. The maximum Gasteiger partial charge on any atom is 0.326 e. The summed E-state index contributed by atoms with van der Waals surface area (Å²) in [6.07, 6.45) is 2.42. The first-order valence-corrected chi connectivity index (χ1v) is 17.1. The minimum atomic E-state index is -4.03. The van der Waals surface area contributed by atoms with Gasteiger partial charge in [-0.1, -0.05) is 42.5 Å². The highest BCUT2D eigenvalue weighted by Gasteiger charge is 2.55. The van der Waals surface area contributed by atoms with Gasteiger partial charge in [0.15, 0.2) is 5.96 Å². The molecule has 0 bridgehead atoms. The first kappa shape index (κ1) is 33.5. The lowest BCUT2D eigenvalue weighted by molar-refractivity contribution is -0.142. The fourth-order valence-corrected chi connectivity index (χ4v) is 9.25. The summed E-state index contributed by atoms with van der Waals surface area (Å²) in [4.78, 5) is 42.7. The second-order valence-corrected chi connectivity index (χ2v) is 15.4. The molecule has 2 aliphatic rings. The number of carbonyl (C=O) groups excluding carboxylic acids is 2.